The lowest BCUT2D eigenvalue weighted by Gasteiger charge is -2.33. The van der Waals surface area contributed by atoms with Gasteiger partial charge in [-0.15, -0.1) is 11.3 Å². The minimum atomic E-state index is -0.484. The summed E-state index contributed by atoms with van der Waals surface area (Å²) in [6, 6.07) is 5.78. The summed E-state index contributed by atoms with van der Waals surface area (Å²) in [4.78, 5) is 15.0. The van der Waals surface area contributed by atoms with Gasteiger partial charge in [-0.3, -0.25) is 9.36 Å². The number of rotatable bonds is 2. The van der Waals surface area contributed by atoms with Crippen LogP contribution in [0.15, 0.2) is 30.6 Å². The van der Waals surface area contributed by atoms with Crippen molar-refractivity contribution >= 4 is 38.5 Å². The lowest BCUT2D eigenvalue weighted by atomic mass is 10.1. The lowest BCUT2D eigenvalue weighted by molar-refractivity contribution is 0.0185. The van der Waals surface area contributed by atoms with Gasteiger partial charge < -0.3 is 9.64 Å². The zero-order valence-electron chi connectivity index (χ0n) is 18.6. The van der Waals surface area contributed by atoms with Crippen LogP contribution in [0.2, 0.25) is 0 Å². The molecule has 0 bridgehead atoms. The molecule has 7 nitrogen and oxygen atoms in total. The Morgan fingerprint density at radius 1 is 1.16 bits per heavy atom. The van der Waals surface area contributed by atoms with Crippen molar-refractivity contribution in [1.29, 1.82) is 0 Å². The fraction of sp³-hybridized carbons (Fsp3) is 0.435. The Morgan fingerprint density at radius 3 is 2.59 bits per heavy atom. The number of aromatic nitrogens is 4. The molecule has 0 spiro atoms. The molecule has 1 saturated heterocycles. The smallest absolute Gasteiger partial charge is 0.410 e. The van der Waals surface area contributed by atoms with Crippen LogP contribution in [0.3, 0.4) is 0 Å². The van der Waals surface area contributed by atoms with Crippen LogP contribution in [0.1, 0.15) is 39.7 Å². The maximum absolute atomic E-state index is 14.5. The number of piperidine rings is 1. The van der Waals surface area contributed by atoms with E-state index in [2.05, 4.69) is 11.3 Å². The number of likely N-dealkylation sites (tertiary alicyclic amines) is 1. The van der Waals surface area contributed by atoms with Crippen molar-refractivity contribution in [2.75, 3.05) is 13.1 Å². The van der Waals surface area contributed by atoms with Crippen LogP contribution in [0, 0.1) is 5.82 Å². The van der Waals surface area contributed by atoms with E-state index in [1.807, 2.05) is 43.8 Å². The summed E-state index contributed by atoms with van der Waals surface area (Å²) in [7, 11) is 1.79. The number of carbonyl (C=O) groups is 1. The van der Waals surface area contributed by atoms with Crippen molar-refractivity contribution in [3.05, 3.63) is 36.4 Å². The Labute approximate surface area is 189 Å². The fourth-order valence-electron chi connectivity index (χ4n) is 4.16. The first kappa shape index (κ1) is 20.9. The number of nitrogens with zero attached hydrogens (tertiary/aromatic N) is 5. The van der Waals surface area contributed by atoms with Gasteiger partial charge in [0, 0.05) is 42.8 Å². The Hall–Kier alpha value is -2.94. The zero-order valence-corrected chi connectivity index (χ0v) is 19.4. The number of hydrogen-bond donors (Lipinski definition) is 0. The van der Waals surface area contributed by atoms with E-state index in [9.17, 15) is 9.18 Å². The topological polar surface area (TPSA) is 65.2 Å². The van der Waals surface area contributed by atoms with Gasteiger partial charge in [0.25, 0.3) is 0 Å². The van der Waals surface area contributed by atoms with Gasteiger partial charge in [-0.05, 0) is 57.4 Å². The minimum absolute atomic E-state index is 0.250. The lowest BCUT2D eigenvalue weighted by Crippen LogP contribution is -2.42. The Bertz CT molecular complexity index is 1280. The molecular formula is C23H26FN5O2S. The summed E-state index contributed by atoms with van der Waals surface area (Å²) in [5.74, 6) is -0.314. The second-order valence-electron chi connectivity index (χ2n) is 9.37. The van der Waals surface area contributed by atoms with Crippen molar-refractivity contribution in [2.45, 2.75) is 45.3 Å². The van der Waals surface area contributed by atoms with Gasteiger partial charge in [0.15, 0.2) is 5.82 Å². The van der Waals surface area contributed by atoms with E-state index in [1.165, 1.54) is 0 Å². The van der Waals surface area contributed by atoms with E-state index in [0.29, 0.717) is 18.6 Å². The van der Waals surface area contributed by atoms with E-state index >= 15 is 0 Å². The van der Waals surface area contributed by atoms with Crippen molar-refractivity contribution in [1.82, 2.24) is 24.5 Å². The average molecular weight is 456 g/mol. The summed E-state index contributed by atoms with van der Waals surface area (Å²) in [5, 5.41) is 9.74. The first-order valence-electron chi connectivity index (χ1n) is 10.8. The molecule has 1 aromatic carbocycles. The third kappa shape index (κ3) is 3.97. The third-order valence-corrected chi connectivity index (χ3v) is 6.77. The van der Waals surface area contributed by atoms with Gasteiger partial charge in [-0.1, -0.05) is 0 Å². The number of halogens is 1. The van der Waals surface area contributed by atoms with E-state index in [4.69, 9.17) is 9.84 Å². The van der Waals surface area contributed by atoms with Crippen molar-refractivity contribution < 1.29 is 13.9 Å². The maximum atomic E-state index is 14.5. The fourth-order valence-corrected chi connectivity index (χ4v) is 5.17. The highest BCUT2D eigenvalue weighted by atomic mass is 32.1. The number of thiophene rings is 1. The molecule has 0 atom stereocenters. The average Bonchev–Trinajstić information content (AvgIpc) is 3.39. The number of ether oxygens (including phenoxy) is 1. The number of aryl methyl sites for hydroxylation is 1. The van der Waals surface area contributed by atoms with Gasteiger partial charge in [-0.2, -0.15) is 10.2 Å². The second kappa shape index (κ2) is 7.58. The third-order valence-electron chi connectivity index (χ3n) is 5.66. The largest absolute Gasteiger partial charge is 0.444 e. The van der Waals surface area contributed by atoms with Gasteiger partial charge in [0.2, 0.25) is 0 Å². The van der Waals surface area contributed by atoms with Crippen LogP contribution in [-0.4, -0.2) is 49.2 Å². The van der Waals surface area contributed by atoms with Crippen LogP contribution in [-0.2, 0) is 11.8 Å². The van der Waals surface area contributed by atoms with Crippen molar-refractivity contribution in [3.63, 3.8) is 0 Å². The number of hydrogen-bond acceptors (Lipinski definition) is 5. The van der Waals surface area contributed by atoms with E-state index in [0.717, 1.165) is 38.9 Å². The van der Waals surface area contributed by atoms with Gasteiger partial charge >= 0.3 is 6.09 Å². The molecule has 1 aliphatic rings. The molecule has 0 N–H and O–H groups in total. The normalized spacial score (nSPS) is 15.7. The number of amides is 1. The number of benzene rings is 1. The molecule has 0 unspecified atom stereocenters. The molecule has 0 radical (unpaired) electrons. The van der Waals surface area contributed by atoms with Gasteiger partial charge in [0.1, 0.15) is 16.6 Å². The van der Waals surface area contributed by atoms with Crippen molar-refractivity contribution in [2.24, 2.45) is 7.05 Å². The monoisotopic (exact) mass is 455 g/mol. The number of carbonyl (C=O) groups excluding carboxylic acids is 1. The first-order valence-corrected chi connectivity index (χ1v) is 11.6. The quantitative estimate of drug-likeness (QED) is 0.408. The van der Waals surface area contributed by atoms with Gasteiger partial charge in [0.05, 0.1) is 10.7 Å². The standard InChI is InChI=1S/C23H26FN5O2S/c1-23(2,3)31-22(30)28-7-5-16(6-8-28)29-13-20-18(25-29)11-19(32-20)14-9-15-12-27(4)26-21(15)17(24)10-14/h9-13,16H,5-8H2,1-4H3. The van der Waals surface area contributed by atoms with Crippen LogP contribution in [0.4, 0.5) is 9.18 Å². The van der Waals surface area contributed by atoms with E-state index in [1.54, 1.807) is 34.0 Å². The van der Waals surface area contributed by atoms with Crippen LogP contribution >= 0.6 is 11.3 Å². The highest BCUT2D eigenvalue weighted by molar-refractivity contribution is 7.22. The molecule has 1 aliphatic heterocycles. The summed E-state index contributed by atoms with van der Waals surface area (Å²) in [6.07, 6.45) is 5.31. The first-order chi connectivity index (χ1) is 15.2. The summed E-state index contributed by atoms with van der Waals surface area (Å²) in [6.45, 7) is 6.95. The van der Waals surface area contributed by atoms with Crippen molar-refractivity contribution in [3.8, 4) is 10.4 Å². The minimum Gasteiger partial charge on any atom is -0.444 e. The molecule has 3 aromatic heterocycles. The Kier molecular flexibility index (Phi) is 4.96. The predicted molar refractivity (Wildman–Crippen MR) is 123 cm³/mol. The molecule has 168 valence electrons. The summed E-state index contributed by atoms with van der Waals surface area (Å²) in [5.41, 5.74) is 1.65. The molecule has 0 aliphatic carbocycles. The molecule has 4 heterocycles. The summed E-state index contributed by atoms with van der Waals surface area (Å²) < 4.78 is 24.7. The second-order valence-corrected chi connectivity index (χ2v) is 10.5. The SMILES string of the molecule is Cn1cc2cc(-c3cc4nn(C5CCN(C(=O)OC(C)(C)C)CC5)cc4s3)cc(F)c2n1. The number of fused-ring (bicyclic) bond motifs is 2. The van der Waals surface area contributed by atoms with E-state index < -0.39 is 5.60 Å². The Balaban J connectivity index is 1.31. The predicted octanol–water partition coefficient (Wildman–Crippen LogP) is 5.36. The van der Waals surface area contributed by atoms with E-state index in [-0.39, 0.29) is 18.0 Å². The van der Waals surface area contributed by atoms with Gasteiger partial charge in [-0.25, -0.2) is 9.18 Å². The van der Waals surface area contributed by atoms with Crippen LogP contribution < -0.4 is 0 Å². The zero-order chi connectivity index (χ0) is 22.6. The molecule has 4 aromatic rings. The molecule has 32 heavy (non-hydrogen) atoms. The molecular weight excluding hydrogens is 429 g/mol. The molecule has 5 rings (SSSR count). The molecule has 1 fully saturated rings. The Morgan fingerprint density at radius 2 is 1.91 bits per heavy atom. The van der Waals surface area contributed by atoms with Crippen LogP contribution in [0.25, 0.3) is 31.6 Å². The highest BCUT2D eigenvalue weighted by Crippen LogP contribution is 2.36. The molecule has 9 heteroatoms. The summed E-state index contributed by atoms with van der Waals surface area (Å²) >= 11 is 1.61. The maximum Gasteiger partial charge on any atom is 0.410 e. The molecule has 1 amide bonds. The molecule has 0 saturated carbocycles. The van der Waals surface area contributed by atoms with Crippen LogP contribution in [0.5, 0.6) is 0 Å². The highest BCUT2D eigenvalue weighted by Gasteiger charge is 2.28.